The number of benzene rings is 1. The predicted octanol–water partition coefficient (Wildman–Crippen LogP) is 2.97. The van der Waals surface area contributed by atoms with Crippen LogP contribution in [0.3, 0.4) is 0 Å². The molecular weight excluding hydrogens is 274 g/mol. The lowest BCUT2D eigenvalue weighted by Crippen LogP contribution is -2.19. The smallest absolute Gasteiger partial charge is 0.271 e. The summed E-state index contributed by atoms with van der Waals surface area (Å²) < 4.78 is 0. The molecule has 0 bridgehead atoms. The third-order valence-corrected chi connectivity index (χ3v) is 4.15. The van der Waals surface area contributed by atoms with Crippen LogP contribution in [0.5, 0.6) is 0 Å². The molecule has 0 fully saturated rings. The molecule has 22 heavy (non-hydrogen) atoms. The van der Waals surface area contributed by atoms with Crippen molar-refractivity contribution in [2.75, 3.05) is 5.73 Å². The molecule has 4 heteroatoms. The second kappa shape index (κ2) is 5.64. The van der Waals surface area contributed by atoms with E-state index in [4.69, 9.17) is 5.73 Å². The summed E-state index contributed by atoms with van der Waals surface area (Å²) in [5, 5.41) is 1.10. The van der Waals surface area contributed by atoms with Gasteiger partial charge in [0, 0.05) is 23.7 Å². The minimum Gasteiger partial charge on any atom is -0.394 e. The second-order valence-corrected chi connectivity index (χ2v) is 5.47. The Bertz CT molecular complexity index is 891. The Morgan fingerprint density at radius 2 is 1.95 bits per heavy atom. The fraction of sp³-hybridized carbons (Fsp3) is 0.222. The largest absolute Gasteiger partial charge is 0.394 e. The van der Waals surface area contributed by atoms with Crippen LogP contribution in [0.1, 0.15) is 29.3 Å². The van der Waals surface area contributed by atoms with Crippen LogP contribution in [0.15, 0.2) is 41.3 Å². The molecule has 0 atom stereocenters. The molecule has 0 spiro atoms. The van der Waals surface area contributed by atoms with Crippen LogP contribution in [-0.2, 0) is 12.8 Å². The van der Waals surface area contributed by atoms with Gasteiger partial charge >= 0.3 is 0 Å². The van der Waals surface area contributed by atoms with Crippen molar-refractivity contribution in [3.8, 4) is 0 Å². The molecule has 3 aromatic rings. The van der Waals surface area contributed by atoms with E-state index in [9.17, 15) is 4.79 Å². The number of para-hydroxylation sites is 1. The average Bonchev–Trinajstić information content (AvgIpc) is 2.53. The number of nitrogens with zero attached hydrogens (tertiary/aromatic N) is 1. The van der Waals surface area contributed by atoms with E-state index in [2.05, 4.69) is 23.0 Å². The number of H-pyrrole nitrogens is 1. The number of nitrogen functional groups attached to an aromatic ring is 1. The standard InChI is InChI=1S/C18H19N3O/c1-3-13-11(2)21-18(22)17(19)15(13)10-12-8-9-20-16-7-5-4-6-14(12)16/h4-9H,3,10,19H2,1-2H3,(H,21,22). The van der Waals surface area contributed by atoms with Crippen LogP contribution < -0.4 is 11.3 Å². The Hall–Kier alpha value is -2.62. The normalized spacial score (nSPS) is 11.0. The van der Waals surface area contributed by atoms with E-state index in [1.165, 1.54) is 0 Å². The molecular formula is C18H19N3O. The van der Waals surface area contributed by atoms with Crippen LogP contribution >= 0.6 is 0 Å². The molecule has 3 rings (SSSR count). The number of anilines is 1. The molecule has 0 unspecified atom stereocenters. The Morgan fingerprint density at radius 3 is 2.73 bits per heavy atom. The quantitative estimate of drug-likeness (QED) is 0.780. The molecule has 1 aromatic carbocycles. The summed E-state index contributed by atoms with van der Waals surface area (Å²) in [4.78, 5) is 19.2. The minimum absolute atomic E-state index is 0.205. The molecule has 0 aliphatic rings. The van der Waals surface area contributed by atoms with Crippen LogP contribution in [0, 0.1) is 6.92 Å². The molecule has 3 N–H and O–H groups in total. The van der Waals surface area contributed by atoms with Gasteiger partial charge in [-0.25, -0.2) is 0 Å². The lowest BCUT2D eigenvalue weighted by molar-refractivity contribution is 0.982. The molecule has 0 saturated heterocycles. The highest BCUT2D eigenvalue weighted by atomic mass is 16.1. The van der Waals surface area contributed by atoms with Crippen molar-refractivity contribution in [1.29, 1.82) is 0 Å². The summed E-state index contributed by atoms with van der Waals surface area (Å²) in [6.45, 7) is 4.00. The van der Waals surface area contributed by atoms with E-state index >= 15 is 0 Å². The topological polar surface area (TPSA) is 71.8 Å². The molecule has 0 aliphatic heterocycles. The van der Waals surface area contributed by atoms with Crippen molar-refractivity contribution in [2.45, 2.75) is 26.7 Å². The van der Waals surface area contributed by atoms with E-state index in [-0.39, 0.29) is 5.56 Å². The number of hydrogen-bond acceptors (Lipinski definition) is 3. The van der Waals surface area contributed by atoms with Gasteiger partial charge in [0.1, 0.15) is 5.69 Å². The number of pyridine rings is 2. The van der Waals surface area contributed by atoms with Crippen LogP contribution in [0.4, 0.5) is 5.69 Å². The molecule has 2 aromatic heterocycles. The maximum atomic E-state index is 12.0. The number of aryl methyl sites for hydroxylation is 1. The number of fused-ring (bicyclic) bond motifs is 1. The zero-order valence-electron chi connectivity index (χ0n) is 12.8. The predicted molar refractivity (Wildman–Crippen MR) is 90.1 cm³/mol. The Morgan fingerprint density at radius 1 is 1.18 bits per heavy atom. The SMILES string of the molecule is CCc1c(C)[nH]c(=O)c(N)c1Cc1ccnc2ccccc12. The maximum Gasteiger partial charge on any atom is 0.271 e. The van der Waals surface area contributed by atoms with Gasteiger partial charge in [-0.3, -0.25) is 9.78 Å². The summed E-state index contributed by atoms with van der Waals surface area (Å²) >= 11 is 0. The molecule has 112 valence electrons. The highest BCUT2D eigenvalue weighted by molar-refractivity contribution is 5.82. The van der Waals surface area contributed by atoms with Crippen molar-refractivity contribution in [2.24, 2.45) is 0 Å². The van der Waals surface area contributed by atoms with Gasteiger partial charge < -0.3 is 10.7 Å². The Balaban J connectivity index is 2.19. The zero-order valence-corrected chi connectivity index (χ0v) is 12.8. The number of nitrogens with one attached hydrogen (secondary N) is 1. The monoisotopic (exact) mass is 293 g/mol. The van der Waals surface area contributed by atoms with Crippen LogP contribution in [0.25, 0.3) is 10.9 Å². The fourth-order valence-electron chi connectivity index (χ4n) is 3.02. The number of aromatic amines is 1. The van der Waals surface area contributed by atoms with E-state index in [0.29, 0.717) is 12.1 Å². The summed E-state index contributed by atoms with van der Waals surface area (Å²) in [5.41, 5.74) is 11.2. The summed E-state index contributed by atoms with van der Waals surface area (Å²) in [6.07, 6.45) is 3.29. The molecule has 4 nitrogen and oxygen atoms in total. The molecule has 0 saturated carbocycles. The molecule has 2 heterocycles. The maximum absolute atomic E-state index is 12.0. The van der Waals surface area contributed by atoms with Crippen molar-refractivity contribution in [3.05, 3.63) is 69.3 Å². The minimum atomic E-state index is -0.205. The molecule has 0 aliphatic carbocycles. The first-order chi connectivity index (χ1) is 10.6. The van der Waals surface area contributed by atoms with Gasteiger partial charge in [-0.1, -0.05) is 25.1 Å². The average molecular weight is 293 g/mol. The highest BCUT2D eigenvalue weighted by Crippen LogP contribution is 2.24. The summed E-state index contributed by atoms with van der Waals surface area (Å²) in [6, 6.07) is 10.0. The van der Waals surface area contributed by atoms with E-state index in [1.807, 2.05) is 31.2 Å². The molecule has 0 amide bonds. The van der Waals surface area contributed by atoms with Crippen molar-refractivity contribution >= 4 is 16.6 Å². The van der Waals surface area contributed by atoms with E-state index in [1.54, 1.807) is 6.20 Å². The van der Waals surface area contributed by atoms with Gasteiger partial charge in [-0.05, 0) is 42.2 Å². The highest BCUT2D eigenvalue weighted by Gasteiger charge is 2.14. The number of aromatic nitrogens is 2. The molecule has 0 radical (unpaired) electrons. The van der Waals surface area contributed by atoms with Crippen molar-refractivity contribution in [3.63, 3.8) is 0 Å². The van der Waals surface area contributed by atoms with Crippen LogP contribution in [-0.4, -0.2) is 9.97 Å². The third kappa shape index (κ3) is 2.37. The summed E-state index contributed by atoms with van der Waals surface area (Å²) in [5.74, 6) is 0. The van der Waals surface area contributed by atoms with Crippen molar-refractivity contribution in [1.82, 2.24) is 9.97 Å². The van der Waals surface area contributed by atoms with Gasteiger partial charge in [-0.15, -0.1) is 0 Å². The van der Waals surface area contributed by atoms with Gasteiger partial charge in [0.2, 0.25) is 0 Å². The van der Waals surface area contributed by atoms with Crippen molar-refractivity contribution < 1.29 is 0 Å². The van der Waals surface area contributed by atoms with Gasteiger partial charge in [0.05, 0.1) is 5.52 Å². The zero-order chi connectivity index (χ0) is 15.7. The first-order valence-electron chi connectivity index (χ1n) is 7.44. The Kier molecular flexibility index (Phi) is 3.67. The fourth-order valence-corrected chi connectivity index (χ4v) is 3.02. The number of hydrogen-bond donors (Lipinski definition) is 2. The first-order valence-corrected chi connectivity index (χ1v) is 7.44. The van der Waals surface area contributed by atoms with Gasteiger partial charge in [-0.2, -0.15) is 0 Å². The third-order valence-electron chi connectivity index (χ3n) is 4.15. The first kappa shape index (κ1) is 14.3. The number of rotatable bonds is 3. The lowest BCUT2D eigenvalue weighted by atomic mass is 9.95. The van der Waals surface area contributed by atoms with E-state index in [0.717, 1.165) is 39.7 Å². The van der Waals surface area contributed by atoms with Gasteiger partial charge in [0.25, 0.3) is 5.56 Å². The number of nitrogens with two attached hydrogens (primary N) is 1. The van der Waals surface area contributed by atoms with Crippen LogP contribution in [0.2, 0.25) is 0 Å². The Labute approximate surface area is 129 Å². The second-order valence-electron chi connectivity index (χ2n) is 5.47. The van der Waals surface area contributed by atoms with Gasteiger partial charge in [0.15, 0.2) is 0 Å². The summed E-state index contributed by atoms with van der Waals surface area (Å²) in [7, 11) is 0. The lowest BCUT2D eigenvalue weighted by Gasteiger charge is -2.14. The van der Waals surface area contributed by atoms with E-state index < -0.39 is 0 Å².